The van der Waals surface area contributed by atoms with Crippen LogP contribution in [-0.2, 0) is 0 Å². The van der Waals surface area contributed by atoms with Crippen molar-refractivity contribution in [3.63, 3.8) is 0 Å². The number of hydrazone groups is 1. The smallest absolute Gasteiger partial charge is 0.343 e. The van der Waals surface area contributed by atoms with Gasteiger partial charge in [0, 0.05) is 9.50 Å². The minimum Gasteiger partial charge on any atom is -0.496 e. The zero-order valence-corrected chi connectivity index (χ0v) is 18.1. The molecule has 0 unspecified atom stereocenters. The number of rotatable bonds is 6. The monoisotopic (exact) mass is 486 g/mol. The molecular formula is C22H16BrClN2O4. The summed E-state index contributed by atoms with van der Waals surface area (Å²) in [5.41, 5.74) is 3.88. The second kappa shape index (κ2) is 10.0. The van der Waals surface area contributed by atoms with E-state index in [0.29, 0.717) is 33.2 Å². The highest BCUT2D eigenvalue weighted by Gasteiger charge is 2.12. The molecule has 8 heteroatoms. The maximum absolute atomic E-state index is 12.3. The Morgan fingerprint density at radius 2 is 1.83 bits per heavy atom. The van der Waals surface area contributed by atoms with E-state index < -0.39 is 11.9 Å². The van der Waals surface area contributed by atoms with Crippen molar-refractivity contribution in [2.45, 2.75) is 0 Å². The van der Waals surface area contributed by atoms with Gasteiger partial charge in [0.15, 0.2) is 0 Å². The van der Waals surface area contributed by atoms with E-state index in [4.69, 9.17) is 21.1 Å². The predicted octanol–water partition coefficient (Wildman–Crippen LogP) is 5.09. The lowest BCUT2D eigenvalue weighted by Crippen LogP contribution is -2.18. The second-order valence-electron chi connectivity index (χ2n) is 6.01. The fourth-order valence-corrected chi connectivity index (χ4v) is 3.04. The van der Waals surface area contributed by atoms with Gasteiger partial charge in [-0.25, -0.2) is 10.2 Å². The summed E-state index contributed by atoms with van der Waals surface area (Å²) in [6.07, 6.45) is 1.48. The summed E-state index contributed by atoms with van der Waals surface area (Å²) >= 11 is 9.21. The highest BCUT2D eigenvalue weighted by atomic mass is 79.9. The third-order valence-corrected chi connectivity index (χ3v) is 4.67. The van der Waals surface area contributed by atoms with E-state index in [1.54, 1.807) is 60.7 Å². The molecule has 0 heterocycles. The van der Waals surface area contributed by atoms with Crippen LogP contribution in [0.4, 0.5) is 0 Å². The molecule has 1 amide bonds. The first-order valence-corrected chi connectivity index (χ1v) is 9.88. The molecule has 0 saturated carbocycles. The predicted molar refractivity (Wildman–Crippen MR) is 119 cm³/mol. The van der Waals surface area contributed by atoms with Gasteiger partial charge in [-0.3, -0.25) is 4.79 Å². The zero-order chi connectivity index (χ0) is 21.5. The Morgan fingerprint density at radius 1 is 1.07 bits per heavy atom. The van der Waals surface area contributed by atoms with E-state index in [9.17, 15) is 9.59 Å². The molecule has 0 bridgehead atoms. The summed E-state index contributed by atoms with van der Waals surface area (Å²) in [7, 11) is 1.49. The van der Waals surface area contributed by atoms with Crippen molar-refractivity contribution in [2.24, 2.45) is 5.10 Å². The first kappa shape index (κ1) is 21.5. The van der Waals surface area contributed by atoms with Crippen molar-refractivity contribution in [3.05, 3.63) is 92.9 Å². The number of methoxy groups -OCH3 is 1. The standard InChI is InChI=1S/C22H16BrClN2O4/c1-29-20-10-7-16(23)12-19(20)21(27)26-25-13-14-5-8-18(9-6-14)30-22(28)15-3-2-4-17(24)11-15/h2-13H,1H3,(H,26,27)/b25-13-. The van der Waals surface area contributed by atoms with Crippen LogP contribution in [0.1, 0.15) is 26.3 Å². The highest BCUT2D eigenvalue weighted by Crippen LogP contribution is 2.22. The third kappa shape index (κ3) is 5.68. The van der Waals surface area contributed by atoms with Crippen molar-refractivity contribution in [1.29, 1.82) is 0 Å². The fraction of sp³-hybridized carbons (Fsp3) is 0.0455. The fourth-order valence-electron chi connectivity index (χ4n) is 2.49. The normalized spacial score (nSPS) is 10.6. The maximum atomic E-state index is 12.3. The Bertz CT molecular complexity index is 1100. The Morgan fingerprint density at radius 3 is 2.53 bits per heavy atom. The molecular weight excluding hydrogens is 472 g/mol. The van der Waals surface area contributed by atoms with E-state index >= 15 is 0 Å². The molecule has 0 radical (unpaired) electrons. The topological polar surface area (TPSA) is 77.0 Å². The van der Waals surface area contributed by atoms with E-state index in [0.717, 1.165) is 4.47 Å². The number of carbonyl (C=O) groups excluding carboxylic acids is 2. The lowest BCUT2D eigenvalue weighted by molar-refractivity contribution is 0.0734. The number of nitrogens with zero attached hydrogens (tertiary/aromatic N) is 1. The molecule has 0 atom stereocenters. The molecule has 0 aromatic heterocycles. The first-order valence-electron chi connectivity index (χ1n) is 8.71. The van der Waals surface area contributed by atoms with Crippen LogP contribution in [0.3, 0.4) is 0 Å². The van der Waals surface area contributed by atoms with Crippen LogP contribution < -0.4 is 14.9 Å². The van der Waals surface area contributed by atoms with Crippen LogP contribution in [-0.4, -0.2) is 25.2 Å². The van der Waals surface area contributed by atoms with Crippen LogP contribution >= 0.6 is 27.5 Å². The average Bonchev–Trinajstić information content (AvgIpc) is 2.74. The Labute approximate surface area is 186 Å². The third-order valence-electron chi connectivity index (χ3n) is 3.94. The molecule has 3 aromatic rings. The first-order chi connectivity index (χ1) is 14.5. The summed E-state index contributed by atoms with van der Waals surface area (Å²) < 4.78 is 11.3. The van der Waals surface area contributed by atoms with Crippen molar-refractivity contribution in [2.75, 3.05) is 7.11 Å². The van der Waals surface area contributed by atoms with Gasteiger partial charge < -0.3 is 9.47 Å². The largest absolute Gasteiger partial charge is 0.496 e. The molecule has 0 aliphatic heterocycles. The van der Waals surface area contributed by atoms with Crippen LogP contribution in [0, 0.1) is 0 Å². The average molecular weight is 488 g/mol. The summed E-state index contributed by atoms with van der Waals surface area (Å²) in [6.45, 7) is 0. The van der Waals surface area contributed by atoms with Gasteiger partial charge in [0.25, 0.3) is 5.91 Å². The van der Waals surface area contributed by atoms with E-state index in [1.807, 2.05) is 0 Å². The Hall–Kier alpha value is -3.16. The van der Waals surface area contributed by atoms with Crippen molar-refractivity contribution in [1.82, 2.24) is 5.43 Å². The molecule has 0 saturated heterocycles. The van der Waals surface area contributed by atoms with Crippen LogP contribution in [0.15, 0.2) is 76.3 Å². The van der Waals surface area contributed by atoms with Crippen LogP contribution in [0.2, 0.25) is 5.02 Å². The lowest BCUT2D eigenvalue weighted by Gasteiger charge is -2.07. The highest BCUT2D eigenvalue weighted by molar-refractivity contribution is 9.10. The minimum absolute atomic E-state index is 0.354. The lowest BCUT2D eigenvalue weighted by atomic mass is 10.2. The van der Waals surface area contributed by atoms with E-state index in [1.165, 1.54) is 19.4 Å². The minimum atomic E-state index is -0.505. The molecule has 0 aliphatic rings. The number of nitrogens with one attached hydrogen (secondary N) is 1. The van der Waals surface area contributed by atoms with Crippen molar-refractivity contribution >= 4 is 45.6 Å². The number of ether oxygens (including phenoxy) is 2. The van der Waals surface area contributed by atoms with E-state index in [-0.39, 0.29) is 0 Å². The molecule has 3 rings (SSSR count). The maximum Gasteiger partial charge on any atom is 0.343 e. The van der Waals surface area contributed by atoms with Gasteiger partial charge >= 0.3 is 5.97 Å². The molecule has 0 fully saturated rings. The van der Waals surface area contributed by atoms with Crippen LogP contribution in [0.25, 0.3) is 0 Å². The number of benzene rings is 3. The SMILES string of the molecule is COc1ccc(Br)cc1C(=O)N/N=C\c1ccc(OC(=O)c2cccc(Cl)c2)cc1. The number of amides is 1. The van der Waals surface area contributed by atoms with Gasteiger partial charge in [-0.2, -0.15) is 5.10 Å². The Kier molecular flexibility index (Phi) is 7.21. The van der Waals surface area contributed by atoms with Gasteiger partial charge in [0.2, 0.25) is 0 Å². The van der Waals surface area contributed by atoms with Gasteiger partial charge in [-0.05, 0) is 66.2 Å². The number of hydrogen-bond acceptors (Lipinski definition) is 5. The molecule has 0 aliphatic carbocycles. The number of esters is 1. The molecule has 152 valence electrons. The molecule has 1 N–H and O–H groups in total. The van der Waals surface area contributed by atoms with E-state index in [2.05, 4.69) is 26.5 Å². The van der Waals surface area contributed by atoms with Crippen molar-refractivity contribution < 1.29 is 19.1 Å². The summed E-state index contributed by atoms with van der Waals surface area (Å²) in [6, 6.07) is 18.3. The van der Waals surface area contributed by atoms with Gasteiger partial charge in [-0.15, -0.1) is 0 Å². The number of hydrogen-bond donors (Lipinski definition) is 1. The second-order valence-corrected chi connectivity index (χ2v) is 7.36. The molecule has 30 heavy (non-hydrogen) atoms. The van der Waals surface area contributed by atoms with Gasteiger partial charge in [-0.1, -0.05) is 33.6 Å². The van der Waals surface area contributed by atoms with Crippen molar-refractivity contribution in [3.8, 4) is 11.5 Å². The quantitative estimate of drug-likeness (QED) is 0.227. The Balaban J connectivity index is 1.60. The number of halogens is 2. The van der Waals surface area contributed by atoms with Gasteiger partial charge in [0.1, 0.15) is 11.5 Å². The zero-order valence-electron chi connectivity index (χ0n) is 15.8. The summed E-state index contributed by atoms with van der Waals surface area (Å²) in [5.74, 6) is -0.0950. The molecule has 0 spiro atoms. The summed E-state index contributed by atoms with van der Waals surface area (Å²) in [4.78, 5) is 24.4. The van der Waals surface area contributed by atoms with Gasteiger partial charge in [0.05, 0.1) is 24.5 Å². The number of carbonyl (C=O) groups is 2. The van der Waals surface area contributed by atoms with Crippen LogP contribution in [0.5, 0.6) is 11.5 Å². The molecule has 3 aromatic carbocycles. The summed E-state index contributed by atoms with van der Waals surface area (Å²) in [5, 5.41) is 4.41. The molecule has 6 nitrogen and oxygen atoms in total.